The first-order valence-electron chi connectivity index (χ1n) is 5.36. The molecule has 0 aromatic carbocycles. The van der Waals surface area contributed by atoms with Crippen LogP contribution in [0.5, 0.6) is 0 Å². The Labute approximate surface area is 99.8 Å². The van der Waals surface area contributed by atoms with Crippen molar-refractivity contribution in [3.8, 4) is 0 Å². The summed E-state index contributed by atoms with van der Waals surface area (Å²) < 4.78 is 0. The lowest BCUT2D eigenvalue weighted by atomic mass is 10.00. The zero-order valence-electron chi connectivity index (χ0n) is 9.00. The standard InChI is InChI=1S/C10H17NO4S/c12-5-7(6-16)9(13)11-4-2-1-3-8(11)10(14)15/h7-8,12,16H,1-6H2,(H,14,15). The molecule has 6 heteroatoms. The van der Waals surface area contributed by atoms with Gasteiger partial charge in [0.05, 0.1) is 12.5 Å². The van der Waals surface area contributed by atoms with E-state index in [1.165, 1.54) is 4.90 Å². The molecule has 1 rings (SSSR count). The van der Waals surface area contributed by atoms with Crippen molar-refractivity contribution in [2.24, 2.45) is 5.92 Å². The third-order valence-electron chi connectivity index (χ3n) is 2.86. The number of nitrogens with zero attached hydrogens (tertiary/aromatic N) is 1. The summed E-state index contributed by atoms with van der Waals surface area (Å²) in [5, 5.41) is 18.0. The smallest absolute Gasteiger partial charge is 0.326 e. The monoisotopic (exact) mass is 247 g/mol. The highest BCUT2D eigenvalue weighted by molar-refractivity contribution is 7.80. The molecular formula is C10H17NO4S. The Hall–Kier alpha value is -0.750. The maximum absolute atomic E-state index is 11.9. The molecule has 2 atom stereocenters. The fourth-order valence-electron chi connectivity index (χ4n) is 1.90. The van der Waals surface area contributed by atoms with Crippen LogP contribution in [0.1, 0.15) is 19.3 Å². The average Bonchev–Trinajstić information content (AvgIpc) is 2.30. The number of carbonyl (C=O) groups is 2. The number of rotatable bonds is 4. The summed E-state index contributed by atoms with van der Waals surface area (Å²) in [5.41, 5.74) is 0. The predicted molar refractivity (Wildman–Crippen MR) is 61.4 cm³/mol. The number of hydrogen-bond donors (Lipinski definition) is 3. The molecule has 0 spiro atoms. The molecule has 92 valence electrons. The van der Waals surface area contributed by atoms with Crippen molar-refractivity contribution in [3.05, 3.63) is 0 Å². The topological polar surface area (TPSA) is 77.8 Å². The number of aliphatic hydroxyl groups excluding tert-OH is 1. The Bertz CT molecular complexity index is 268. The summed E-state index contributed by atoms with van der Waals surface area (Å²) in [4.78, 5) is 24.3. The maximum atomic E-state index is 11.9. The Morgan fingerprint density at radius 1 is 1.44 bits per heavy atom. The number of likely N-dealkylation sites (tertiary alicyclic amines) is 1. The van der Waals surface area contributed by atoms with Gasteiger partial charge in [0, 0.05) is 12.3 Å². The average molecular weight is 247 g/mol. The van der Waals surface area contributed by atoms with Crippen molar-refractivity contribution in [2.45, 2.75) is 25.3 Å². The fourth-order valence-corrected chi connectivity index (χ4v) is 2.17. The normalized spacial score (nSPS) is 22.9. The van der Waals surface area contributed by atoms with Gasteiger partial charge in [0.15, 0.2) is 0 Å². The van der Waals surface area contributed by atoms with Gasteiger partial charge < -0.3 is 15.1 Å². The third kappa shape index (κ3) is 2.89. The third-order valence-corrected chi connectivity index (χ3v) is 3.30. The van der Waals surface area contributed by atoms with E-state index in [-0.39, 0.29) is 18.3 Å². The molecule has 16 heavy (non-hydrogen) atoms. The van der Waals surface area contributed by atoms with Crippen molar-refractivity contribution in [3.63, 3.8) is 0 Å². The van der Waals surface area contributed by atoms with Gasteiger partial charge in [0.1, 0.15) is 6.04 Å². The Morgan fingerprint density at radius 3 is 2.62 bits per heavy atom. The number of carboxylic acid groups (broad SMARTS) is 1. The fraction of sp³-hybridized carbons (Fsp3) is 0.800. The van der Waals surface area contributed by atoms with Gasteiger partial charge in [-0.15, -0.1) is 0 Å². The number of hydrogen-bond acceptors (Lipinski definition) is 4. The number of aliphatic carboxylic acids is 1. The molecule has 5 nitrogen and oxygen atoms in total. The van der Waals surface area contributed by atoms with E-state index in [9.17, 15) is 9.59 Å². The highest BCUT2D eigenvalue weighted by Gasteiger charge is 2.34. The lowest BCUT2D eigenvalue weighted by Gasteiger charge is -2.34. The van der Waals surface area contributed by atoms with Crippen molar-refractivity contribution >= 4 is 24.5 Å². The quantitative estimate of drug-likeness (QED) is 0.611. The highest BCUT2D eigenvalue weighted by atomic mass is 32.1. The zero-order valence-corrected chi connectivity index (χ0v) is 9.90. The van der Waals surface area contributed by atoms with Crippen LogP contribution >= 0.6 is 12.6 Å². The maximum Gasteiger partial charge on any atom is 0.326 e. The Kier molecular flexibility index (Phi) is 5.08. The van der Waals surface area contributed by atoms with Crippen molar-refractivity contribution in [2.75, 3.05) is 18.9 Å². The van der Waals surface area contributed by atoms with Gasteiger partial charge in [0.2, 0.25) is 5.91 Å². The zero-order chi connectivity index (χ0) is 12.1. The number of amides is 1. The number of aliphatic hydroxyl groups is 1. The summed E-state index contributed by atoms with van der Waals surface area (Å²) in [5.74, 6) is -1.63. The van der Waals surface area contributed by atoms with Crippen LogP contribution in [0.15, 0.2) is 0 Å². The molecule has 0 radical (unpaired) electrons. The number of carbonyl (C=O) groups excluding carboxylic acids is 1. The van der Waals surface area contributed by atoms with Crippen LogP contribution in [-0.4, -0.2) is 51.9 Å². The van der Waals surface area contributed by atoms with Crippen LogP contribution in [0.3, 0.4) is 0 Å². The number of thiol groups is 1. The van der Waals surface area contributed by atoms with Crippen LogP contribution in [0.4, 0.5) is 0 Å². The minimum absolute atomic E-state index is 0.234. The second kappa shape index (κ2) is 6.10. The summed E-state index contributed by atoms with van der Waals surface area (Å²) in [6.07, 6.45) is 2.14. The largest absolute Gasteiger partial charge is 0.480 e. The van der Waals surface area contributed by atoms with Crippen molar-refractivity contribution < 1.29 is 19.8 Å². The Balaban J connectivity index is 2.74. The van der Waals surface area contributed by atoms with Crippen LogP contribution in [0.2, 0.25) is 0 Å². The van der Waals surface area contributed by atoms with Gasteiger partial charge in [-0.25, -0.2) is 4.79 Å². The molecule has 2 unspecified atom stereocenters. The van der Waals surface area contributed by atoms with Crippen LogP contribution < -0.4 is 0 Å². The van der Waals surface area contributed by atoms with Crippen molar-refractivity contribution in [1.29, 1.82) is 0 Å². The van der Waals surface area contributed by atoms with E-state index in [0.29, 0.717) is 13.0 Å². The summed E-state index contributed by atoms with van der Waals surface area (Å²) in [6, 6.07) is -0.741. The molecule has 1 fully saturated rings. The molecule has 0 aromatic rings. The first-order valence-corrected chi connectivity index (χ1v) is 6.00. The lowest BCUT2D eigenvalue weighted by molar-refractivity contribution is -0.154. The summed E-state index contributed by atoms with van der Waals surface area (Å²) in [7, 11) is 0. The Morgan fingerprint density at radius 2 is 2.12 bits per heavy atom. The molecule has 0 aromatic heterocycles. The second-order valence-electron chi connectivity index (χ2n) is 3.94. The van der Waals surface area contributed by atoms with E-state index in [2.05, 4.69) is 12.6 Å². The second-order valence-corrected chi connectivity index (χ2v) is 4.31. The first kappa shape index (κ1) is 13.3. The van der Waals surface area contributed by atoms with Crippen LogP contribution in [-0.2, 0) is 9.59 Å². The van der Waals surface area contributed by atoms with Gasteiger partial charge in [-0.1, -0.05) is 0 Å². The minimum atomic E-state index is -0.969. The number of piperidine rings is 1. The molecule has 1 amide bonds. The highest BCUT2D eigenvalue weighted by Crippen LogP contribution is 2.20. The van der Waals surface area contributed by atoms with E-state index in [1.54, 1.807) is 0 Å². The molecular weight excluding hydrogens is 230 g/mol. The molecule has 1 aliphatic rings. The van der Waals surface area contributed by atoms with E-state index < -0.39 is 17.9 Å². The molecule has 1 heterocycles. The van der Waals surface area contributed by atoms with Crippen LogP contribution in [0.25, 0.3) is 0 Å². The van der Waals surface area contributed by atoms with E-state index in [1.807, 2.05) is 0 Å². The number of carboxylic acids is 1. The van der Waals surface area contributed by atoms with Gasteiger partial charge in [-0.2, -0.15) is 12.6 Å². The van der Waals surface area contributed by atoms with Gasteiger partial charge in [-0.3, -0.25) is 4.79 Å². The lowest BCUT2D eigenvalue weighted by Crippen LogP contribution is -2.51. The predicted octanol–water partition coefficient (Wildman–Crippen LogP) is -0.00960. The molecule has 1 saturated heterocycles. The SMILES string of the molecule is O=C(O)C1CCCCN1C(=O)C(CO)CS. The minimum Gasteiger partial charge on any atom is -0.480 e. The van der Waals surface area contributed by atoms with Crippen molar-refractivity contribution in [1.82, 2.24) is 4.90 Å². The molecule has 2 N–H and O–H groups in total. The van der Waals surface area contributed by atoms with E-state index in [4.69, 9.17) is 10.2 Å². The van der Waals surface area contributed by atoms with Crippen LogP contribution in [0, 0.1) is 5.92 Å². The first-order chi connectivity index (χ1) is 7.61. The summed E-state index contributed by atoms with van der Waals surface area (Å²) >= 11 is 3.98. The molecule has 1 aliphatic heterocycles. The van der Waals surface area contributed by atoms with Gasteiger partial charge >= 0.3 is 5.97 Å². The van der Waals surface area contributed by atoms with Gasteiger partial charge in [-0.05, 0) is 19.3 Å². The van der Waals surface area contributed by atoms with Gasteiger partial charge in [0.25, 0.3) is 0 Å². The molecule has 0 bridgehead atoms. The van der Waals surface area contributed by atoms with E-state index >= 15 is 0 Å². The molecule has 0 aliphatic carbocycles. The van der Waals surface area contributed by atoms with E-state index in [0.717, 1.165) is 12.8 Å². The summed E-state index contributed by atoms with van der Waals surface area (Å²) in [6.45, 7) is 0.172. The molecule has 0 saturated carbocycles.